The molecule has 1 aromatic rings. The van der Waals surface area contributed by atoms with Crippen LogP contribution < -0.4 is 0 Å². The summed E-state index contributed by atoms with van der Waals surface area (Å²) in [5.41, 5.74) is 0.584. The average molecular weight is 314 g/mol. The van der Waals surface area contributed by atoms with Crippen LogP contribution in [0.1, 0.15) is 18.1 Å². The van der Waals surface area contributed by atoms with E-state index in [-0.39, 0.29) is 0 Å². The smallest absolute Gasteiger partial charge is 0.105 e. The van der Waals surface area contributed by atoms with Gasteiger partial charge in [0.25, 0.3) is 0 Å². The molecule has 0 amide bonds. The van der Waals surface area contributed by atoms with Gasteiger partial charge < -0.3 is 10.2 Å². The Morgan fingerprint density at radius 2 is 2.00 bits per heavy atom. The number of rotatable bonds is 4. The summed E-state index contributed by atoms with van der Waals surface area (Å²) in [5, 5.41) is 19.8. The standard InChI is InChI=1S/C10H11BrCl2O2/c11-7-2-1-6(5-8(7)13)10(15)9(14)3-4-12/h1-2,5,9-10,14-15H,3-4H2. The Balaban J connectivity index is 2.81. The van der Waals surface area contributed by atoms with Crippen LogP contribution in [0.25, 0.3) is 0 Å². The Labute approximate surface area is 107 Å². The predicted molar refractivity (Wildman–Crippen MR) is 65.5 cm³/mol. The van der Waals surface area contributed by atoms with Gasteiger partial charge in [0.15, 0.2) is 0 Å². The van der Waals surface area contributed by atoms with Gasteiger partial charge in [0.1, 0.15) is 6.10 Å². The molecule has 0 heterocycles. The molecule has 0 aliphatic heterocycles. The minimum absolute atomic E-state index is 0.308. The lowest BCUT2D eigenvalue weighted by molar-refractivity contribution is 0.0170. The van der Waals surface area contributed by atoms with Crippen molar-refractivity contribution in [2.75, 3.05) is 5.88 Å². The lowest BCUT2D eigenvalue weighted by Crippen LogP contribution is -2.18. The highest BCUT2D eigenvalue weighted by molar-refractivity contribution is 9.10. The molecule has 84 valence electrons. The monoisotopic (exact) mass is 312 g/mol. The van der Waals surface area contributed by atoms with Gasteiger partial charge >= 0.3 is 0 Å². The van der Waals surface area contributed by atoms with Crippen LogP contribution in [0.3, 0.4) is 0 Å². The van der Waals surface area contributed by atoms with Gasteiger partial charge in [0.05, 0.1) is 11.1 Å². The van der Waals surface area contributed by atoms with Gasteiger partial charge in [0, 0.05) is 10.4 Å². The van der Waals surface area contributed by atoms with Crippen molar-refractivity contribution in [3.63, 3.8) is 0 Å². The third-order valence-electron chi connectivity index (χ3n) is 2.05. The zero-order valence-electron chi connectivity index (χ0n) is 7.83. The van der Waals surface area contributed by atoms with Crippen molar-refractivity contribution in [2.45, 2.75) is 18.6 Å². The Bertz CT molecular complexity index is 333. The molecule has 1 rings (SSSR count). The maximum absolute atomic E-state index is 9.75. The minimum atomic E-state index is -0.950. The van der Waals surface area contributed by atoms with Gasteiger partial charge in [-0.1, -0.05) is 17.7 Å². The summed E-state index contributed by atoms with van der Waals surface area (Å²) in [4.78, 5) is 0. The summed E-state index contributed by atoms with van der Waals surface area (Å²) in [5.74, 6) is 0.308. The van der Waals surface area contributed by atoms with E-state index < -0.39 is 12.2 Å². The molecule has 0 aliphatic carbocycles. The van der Waals surface area contributed by atoms with Crippen molar-refractivity contribution < 1.29 is 10.2 Å². The quantitative estimate of drug-likeness (QED) is 0.838. The van der Waals surface area contributed by atoms with Crippen LogP contribution in [0.5, 0.6) is 0 Å². The fraction of sp³-hybridized carbons (Fsp3) is 0.400. The highest BCUT2D eigenvalue weighted by Crippen LogP contribution is 2.27. The van der Waals surface area contributed by atoms with E-state index in [0.29, 0.717) is 22.9 Å². The van der Waals surface area contributed by atoms with Gasteiger partial charge in [-0.05, 0) is 40.0 Å². The number of halogens is 3. The molecule has 2 atom stereocenters. The third-order valence-corrected chi connectivity index (χ3v) is 3.51. The van der Waals surface area contributed by atoms with E-state index in [2.05, 4.69) is 15.9 Å². The molecular weight excluding hydrogens is 303 g/mol. The van der Waals surface area contributed by atoms with E-state index in [4.69, 9.17) is 23.2 Å². The Morgan fingerprint density at radius 3 is 2.53 bits per heavy atom. The van der Waals surface area contributed by atoms with Crippen molar-refractivity contribution in [1.82, 2.24) is 0 Å². The SMILES string of the molecule is OC(CCCl)C(O)c1ccc(Br)c(Cl)c1. The largest absolute Gasteiger partial charge is 0.390 e. The molecule has 5 heteroatoms. The fourth-order valence-corrected chi connectivity index (χ4v) is 1.85. The number of alkyl halides is 1. The molecule has 2 nitrogen and oxygen atoms in total. The molecule has 0 aliphatic rings. The molecule has 0 saturated carbocycles. The molecule has 2 unspecified atom stereocenters. The van der Waals surface area contributed by atoms with E-state index in [9.17, 15) is 10.2 Å². The van der Waals surface area contributed by atoms with Crippen LogP contribution >= 0.6 is 39.1 Å². The molecule has 0 bridgehead atoms. The number of hydrogen-bond acceptors (Lipinski definition) is 2. The topological polar surface area (TPSA) is 40.5 Å². The molecule has 0 radical (unpaired) electrons. The van der Waals surface area contributed by atoms with E-state index in [1.54, 1.807) is 18.2 Å². The highest BCUT2D eigenvalue weighted by Gasteiger charge is 2.18. The first-order valence-corrected chi connectivity index (χ1v) is 6.14. The molecule has 0 fully saturated rings. The highest BCUT2D eigenvalue weighted by atomic mass is 79.9. The van der Waals surface area contributed by atoms with E-state index in [1.165, 1.54) is 0 Å². The molecule has 0 saturated heterocycles. The summed E-state index contributed by atoms with van der Waals surface area (Å²) in [6, 6.07) is 5.06. The second-order valence-corrected chi connectivity index (χ2v) is 4.80. The van der Waals surface area contributed by atoms with Crippen molar-refractivity contribution >= 4 is 39.1 Å². The number of aliphatic hydroxyl groups excluding tert-OH is 2. The number of aliphatic hydroxyl groups is 2. The molecule has 15 heavy (non-hydrogen) atoms. The summed E-state index contributed by atoms with van der Waals surface area (Å²) >= 11 is 14.6. The first-order valence-electron chi connectivity index (χ1n) is 4.43. The van der Waals surface area contributed by atoms with Crippen LogP contribution in [0.2, 0.25) is 5.02 Å². The molecule has 1 aromatic carbocycles. The molecule has 0 spiro atoms. The van der Waals surface area contributed by atoms with Crippen molar-refractivity contribution in [3.8, 4) is 0 Å². The second kappa shape index (κ2) is 6.06. The predicted octanol–water partition coefficient (Wildman–Crippen LogP) is 3.13. The Morgan fingerprint density at radius 1 is 1.33 bits per heavy atom. The Kier molecular flexibility index (Phi) is 5.36. The van der Waals surface area contributed by atoms with Crippen LogP contribution in [-0.2, 0) is 0 Å². The first-order chi connectivity index (χ1) is 7.06. The lowest BCUT2D eigenvalue weighted by Gasteiger charge is -2.17. The average Bonchev–Trinajstić information content (AvgIpc) is 2.21. The number of hydrogen-bond donors (Lipinski definition) is 2. The zero-order valence-corrected chi connectivity index (χ0v) is 10.9. The van der Waals surface area contributed by atoms with Gasteiger partial charge in [-0.15, -0.1) is 11.6 Å². The summed E-state index contributed by atoms with van der Waals surface area (Å²) in [6.45, 7) is 0. The van der Waals surface area contributed by atoms with Gasteiger partial charge in [0.2, 0.25) is 0 Å². The Hall–Kier alpha value is 0.200. The molecule has 0 aromatic heterocycles. The molecule has 2 N–H and O–H groups in total. The lowest BCUT2D eigenvalue weighted by atomic mass is 10.0. The van der Waals surface area contributed by atoms with Crippen LogP contribution in [0.4, 0.5) is 0 Å². The van der Waals surface area contributed by atoms with Gasteiger partial charge in [-0.25, -0.2) is 0 Å². The van der Waals surface area contributed by atoms with Crippen molar-refractivity contribution in [1.29, 1.82) is 0 Å². The molecular formula is C10H11BrCl2O2. The normalized spacial score (nSPS) is 15.0. The van der Waals surface area contributed by atoms with E-state index in [1.807, 2.05) is 0 Å². The van der Waals surface area contributed by atoms with Gasteiger partial charge in [-0.2, -0.15) is 0 Å². The van der Waals surface area contributed by atoms with Crippen LogP contribution in [0, 0.1) is 0 Å². The van der Waals surface area contributed by atoms with Gasteiger partial charge in [-0.3, -0.25) is 0 Å². The minimum Gasteiger partial charge on any atom is -0.390 e. The summed E-state index contributed by atoms with van der Waals surface area (Å²) in [7, 11) is 0. The van der Waals surface area contributed by atoms with Crippen LogP contribution in [0.15, 0.2) is 22.7 Å². The first kappa shape index (κ1) is 13.3. The fourth-order valence-electron chi connectivity index (χ4n) is 1.19. The maximum atomic E-state index is 9.75. The van der Waals surface area contributed by atoms with E-state index >= 15 is 0 Å². The van der Waals surface area contributed by atoms with E-state index in [0.717, 1.165) is 4.47 Å². The maximum Gasteiger partial charge on any atom is 0.105 e. The summed E-state index contributed by atoms with van der Waals surface area (Å²) in [6.07, 6.45) is -1.47. The zero-order chi connectivity index (χ0) is 11.4. The number of benzene rings is 1. The van der Waals surface area contributed by atoms with Crippen molar-refractivity contribution in [2.24, 2.45) is 0 Å². The van der Waals surface area contributed by atoms with Crippen LogP contribution in [-0.4, -0.2) is 22.2 Å². The van der Waals surface area contributed by atoms with Crippen molar-refractivity contribution in [3.05, 3.63) is 33.3 Å². The second-order valence-electron chi connectivity index (χ2n) is 3.16. The third kappa shape index (κ3) is 3.61. The summed E-state index contributed by atoms with van der Waals surface area (Å²) < 4.78 is 0.756.